The van der Waals surface area contributed by atoms with Crippen LogP contribution in [0.5, 0.6) is 0 Å². The highest BCUT2D eigenvalue weighted by Gasteiger charge is 2.34. The summed E-state index contributed by atoms with van der Waals surface area (Å²) in [6.07, 6.45) is 0.211. The predicted molar refractivity (Wildman–Crippen MR) is 172 cm³/mol. The SMILES string of the molecule is CNC(=O)[C@@H](Cc1ccccc1)N(Cc1ccc(Cl)c(Cl)c1)C(=O)CN(c1ccc(C)cc1C)S(=O)(=O)c1ccccc1. The summed E-state index contributed by atoms with van der Waals surface area (Å²) in [6.45, 7) is 3.17. The Kier molecular flexibility index (Phi) is 10.5. The molecule has 1 N–H and O–H groups in total. The first-order valence-corrected chi connectivity index (χ1v) is 15.8. The minimum Gasteiger partial charge on any atom is -0.357 e. The number of benzene rings is 4. The van der Waals surface area contributed by atoms with E-state index < -0.39 is 28.5 Å². The molecule has 0 aliphatic carbocycles. The maximum absolute atomic E-state index is 14.4. The number of halogens is 2. The van der Waals surface area contributed by atoms with Crippen LogP contribution in [0.3, 0.4) is 0 Å². The molecule has 1 atom stereocenters. The molecule has 7 nitrogen and oxygen atoms in total. The second kappa shape index (κ2) is 14.1. The second-order valence-electron chi connectivity index (χ2n) is 10.2. The van der Waals surface area contributed by atoms with Crippen molar-refractivity contribution in [1.29, 1.82) is 0 Å². The molecule has 0 unspecified atom stereocenters. The smallest absolute Gasteiger partial charge is 0.264 e. The summed E-state index contributed by atoms with van der Waals surface area (Å²) in [5, 5.41) is 3.32. The fraction of sp³-hybridized carbons (Fsp3) is 0.212. The monoisotopic (exact) mass is 637 g/mol. The molecular weight excluding hydrogens is 605 g/mol. The van der Waals surface area contributed by atoms with Crippen molar-refractivity contribution in [3.05, 3.63) is 129 Å². The topological polar surface area (TPSA) is 86.8 Å². The van der Waals surface area contributed by atoms with E-state index in [0.29, 0.717) is 26.9 Å². The number of hydrogen-bond donors (Lipinski definition) is 1. The Labute approximate surface area is 263 Å². The molecule has 2 amide bonds. The summed E-state index contributed by atoms with van der Waals surface area (Å²) >= 11 is 12.4. The van der Waals surface area contributed by atoms with E-state index in [1.165, 1.54) is 24.1 Å². The van der Waals surface area contributed by atoms with Gasteiger partial charge in [0.25, 0.3) is 10.0 Å². The molecule has 0 heterocycles. The molecule has 0 radical (unpaired) electrons. The molecule has 0 saturated heterocycles. The number of hydrogen-bond acceptors (Lipinski definition) is 4. The van der Waals surface area contributed by atoms with E-state index in [4.69, 9.17) is 23.2 Å². The van der Waals surface area contributed by atoms with Gasteiger partial charge < -0.3 is 10.2 Å². The van der Waals surface area contributed by atoms with Crippen LogP contribution in [0.4, 0.5) is 5.69 Å². The van der Waals surface area contributed by atoms with Crippen molar-refractivity contribution in [3.8, 4) is 0 Å². The molecule has 0 fully saturated rings. The number of amides is 2. The molecule has 4 rings (SSSR count). The van der Waals surface area contributed by atoms with E-state index in [1.54, 1.807) is 55.5 Å². The van der Waals surface area contributed by atoms with E-state index in [0.717, 1.165) is 15.4 Å². The molecule has 224 valence electrons. The van der Waals surface area contributed by atoms with Crippen molar-refractivity contribution < 1.29 is 18.0 Å². The minimum absolute atomic E-state index is 0.00720. The zero-order valence-corrected chi connectivity index (χ0v) is 26.5. The molecule has 0 bridgehead atoms. The van der Waals surface area contributed by atoms with Gasteiger partial charge in [-0.1, -0.05) is 95.5 Å². The van der Waals surface area contributed by atoms with Crippen molar-refractivity contribution in [3.63, 3.8) is 0 Å². The van der Waals surface area contributed by atoms with Crippen molar-refractivity contribution >= 4 is 50.7 Å². The molecule has 0 aliphatic rings. The highest BCUT2D eigenvalue weighted by atomic mass is 35.5. The maximum Gasteiger partial charge on any atom is 0.264 e. The molecule has 4 aromatic rings. The Bertz CT molecular complexity index is 1700. The lowest BCUT2D eigenvalue weighted by Crippen LogP contribution is -2.53. The zero-order valence-electron chi connectivity index (χ0n) is 24.1. The van der Waals surface area contributed by atoms with E-state index in [-0.39, 0.29) is 23.8 Å². The average molecular weight is 639 g/mol. The van der Waals surface area contributed by atoms with Gasteiger partial charge >= 0.3 is 0 Å². The number of aryl methyl sites for hydroxylation is 2. The number of carbonyl (C=O) groups excluding carboxylic acids is 2. The van der Waals surface area contributed by atoms with Crippen LogP contribution >= 0.6 is 23.2 Å². The fourth-order valence-corrected chi connectivity index (χ4v) is 6.69. The highest BCUT2D eigenvalue weighted by molar-refractivity contribution is 7.92. The number of anilines is 1. The predicted octanol–water partition coefficient (Wildman–Crippen LogP) is 6.19. The van der Waals surface area contributed by atoms with Gasteiger partial charge in [-0.05, 0) is 60.9 Å². The Morgan fingerprint density at radius 1 is 0.814 bits per heavy atom. The van der Waals surface area contributed by atoms with Crippen LogP contribution in [0.2, 0.25) is 10.0 Å². The number of sulfonamides is 1. The number of likely N-dealkylation sites (N-methyl/N-ethyl adjacent to an activating group) is 1. The molecule has 10 heteroatoms. The molecule has 0 spiro atoms. The van der Waals surface area contributed by atoms with Crippen molar-refractivity contribution in [2.24, 2.45) is 0 Å². The first-order valence-electron chi connectivity index (χ1n) is 13.6. The number of carbonyl (C=O) groups is 2. The summed E-state index contributed by atoms with van der Waals surface area (Å²) < 4.78 is 29.2. The Morgan fingerprint density at radius 2 is 1.47 bits per heavy atom. The van der Waals surface area contributed by atoms with Crippen molar-refractivity contribution in [1.82, 2.24) is 10.2 Å². The summed E-state index contributed by atoms with van der Waals surface area (Å²) in [7, 11) is -2.66. The van der Waals surface area contributed by atoms with Crippen LogP contribution < -0.4 is 9.62 Å². The molecule has 4 aromatic carbocycles. The van der Waals surface area contributed by atoms with Gasteiger partial charge in [0.05, 0.1) is 20.6 Å². The lowest BCUT2D eigenvalue weighted by molar-refractivity contribution is -0.139. The molecule has 0 saturated carbocycles. The lowest BCUT2D eigenvalue weighted by atomic mass is 10.0. The third kappa shape index (κ3) is 7.76. The van der Waals surface area contributed by atoms with Crippen LogP contribution in [-0.2, 0) is 32.6 Å². The number of nitrogens with zero attached hydrogens (tertiary/aromatic N) is 2. The highest BCUT2D eigenvalue weighted by Crippen LogP contribution is 2.29. The minimum atomic E-state index is -4.17. The standard InChI is InChI=1S/C33H33Cl2N3O4S/c1-23-14-17-30(24(2)18-23)38(43(41,42)27-12-8-5-9-13-27)22-32(39)37(21-26-15-16-28(34)29(35)19-26)31(33(40)36-3)20-25-10-6-4-7-11-25/h4-19,31H,20-22H2,1-3H3,(H,36,40)/t31-/m1/s1. The summed E-state index contributed by atoms with van der Waals surface area (Å²) in [5.41, 5.74) is 3.49. The van der Waals surface area contributed by atoms with Gasteiger partial charge in [0.1, 0.15) is 12.6 Å². The van der Waals surface area contributed by atoms with E-state index in [9.17, 15) is 18.0 Å². The second-order valence-corrected chi connectivity index (χ2v) is 12.9. The van der Waals surface area contributed by atoms with Crippen LogP contribution in [0.25, 0.3) is 0 Å². The number of rotatable bonds is 11. The van der Waals surface area contributed by atoms with Crippen LogP contribution in [-0.4, -0.2) is 44.8 Å². The summed E-state index contributed by atoms with van der Waals surface area (Å²) in [6, 6.07) is 26.7. The van der Waals surface area contributed by atoms with Crippen LogP contribution in [0, 0.1) is 13.8 Å². The third-order valence-electron chi connectivity index (χ3n) is 7.09. The van der Waals surface area contributed by atoms with Gasteiger partial charge in [0.2, 0.25) is 11.8 Å². The fourth-order valence-electron chi connectivity index (χ4n) is 4.87. The van der Waals surface area contributed by atoms with Crippen LogP contribution in [0.1, 0.15) is 22.3 Å². The largest absolute Gasteiger partial charge is 0.357 e. The Morgan fingerprint density at radius 3 is 2.07 bits per heavy atom. The molecule has 0 aromatic heterocycles. The van der Waals surface area contributed by atoms with Crippen molar-refractivity contribution in [2.45, 2.75) is 37.8 Å². The first kappa shape index (κ1) is 32.1. The molecular formula is C33H33Cl2N3O4S. The van der Waals surface area contributed by atoms with Gasteiger partial charge in [-0.25, -0.2) is 8.42 Å². The Balaban J connectivity index is 1.82. The van der Waals surface area contributed by atoms with Gasteiger partial charge in [-0.15, -0.1) is 0 Å². The average Bonchev–Trinajstić information content (AvgIpc) is 3.00. The quantitative estimate of drug-likeness (QED) is 0.212. The van der Waals surface area contributed by atoms with Gasteiger partial charge in [-0.2, -0.15) is 0 Å². The van der Waals surface area contributed by atoms with Crippen molar-refractivity contribution in [2.75, 3.05) is 17.9 Å². The zero-order chi connectivity index (χ0) is 31.1. The normalized spacial score (nSPS) is 11.9. The maximum atomic E-state index is 14.4. The summed E-state index contributed by atoms with van der Waals surface area (Å²) in [4.78, 5) is 29.2. The van der Waals surface area contributed by atoms with Gasteiger partial charge in [0, 0.05) is 20.0 Å². The van der Waals surface area contributed by atoms with E-state index in [2.05, 4.69) is 5.32 Å². The molecule has 0 aliphatic heterocycles. The van der Waals surface area contributed by atoms with E-state index in [1.807, 2.05) is 43.3 Å². The third-order valence-corrected chi connectivity index (χ3v) is 9.60. The van der Waals surface area contributed by atoms with Gasteiger partial charge in [-0.3, -0.25) is 13.9 Å². The van der Waals surface area contributed by atoms with Gasteiger partial charge in [0.15, 0.2) is 0 Å². The van der Waals surface area contributed by atoms with E-state index >= 15 is 0 Å². The lowest BCUT2D eigenvalue weighted by Gasteiger charge is -2.34. The first-order chi connectivity index (χ1) is 20.5. The Hall–Kier alpha value is -3.85. The summed E-state index contributed by atoms with van der Waals surface area (Å²) in [5.74, 6) is -0.948. The number of nitrogens with one attached hydrogen (secondary N) is 1. The molecule has 43 heavy (non-hydrogen) atoms. The van der Waals surface area contributed by atoms with Crippen LogP contribution in [0.15, 0.2) is 102 Å².